The Morgan fingerprint density at radius 3 is 1.04 bits per heavy atom. The van der Waals surface area contributed by atoms with Gasteiger partial charge in [-0.1, -0.05) is 213 Å². The van der Waals surface area contributed by atoms with E-state index in [1.807, 2.05) is 24.3 Å². The molecule has 0 spiro atoms. The molecule has 13 heteroatoms. The Morgan fingerprint density at radius 2 is 0.766 bits per heavy atom. The van der Waals surface area contributed by atoms with Crippen LogP contribution in [0.5, 0.6) is 11.5 Å². The maximum absolute atomic E-state index is 11.1. The molecule has 0 saturated carbocycles. The van der Waals surface area contributed by atoms with Crippen LogP contribution in [0.2, 0.25) is 0 Å². The standard InChI is InChI=1S/C20H32O4.C18H28O4.C16H26O2.C4H7BrO2.6CH4/c1-7-23-18(21)14-22-12-13-24-17-10-8-16(9-11-17)20(5,6)15-19(2,3)4;1-17(2,3)13-18(4,5)14-6-8-15(9-7-14)22-11-10-21-12-16(19)20;1-15(2,3)12-16(4,5)14-8-6-13(7-9-14)10-11-18-17;1-2-7-4(6)3-5;;;;;;/h8-11H,7,12-15H2,1-6H3;6-9H,10-13H2,1-5H3,(H,19,20);6-9,17H,10-12H2,1-5H3;2-3H2,1H3;6*1H4. The van der Waals surface area contributed by atoms with Crippen molar-refractivity contribution in [1.29, 1.82) is 0 Å². The highest BCUT2D eigenvalue weighted by Gasteiger charge is 2.29. The predicted molar refractivity (Wildman–Crippen MR) is 331 cm³/mol. The molecule has 3 rings (SSSR count). The van der Waals surface area contributed by atoms with Gasteiger partial charge in [0.2, 0.25) is 0 Å². The molecule has 0 fully saturated rings. The normalized spacial score (nSPS) is 11.0. The van der Waals surface area contributed by atoms with E-state index in [-0.39, 0.29) is 103 Å². The molecule has 0 amide bonds. The third-order valence-electron chi connectivity index (χ3n) is 10.6. The van der Waals surface area contributed by atoms with Crippen molar-refractivity contribution in [2.45, 2.75) is 204 Å². The van der Waals surface area contributed by atoms with Crippen molar-refractivity contribution in [3.8, 4) is 11.5 Å². The minimum absolute atomic E-state index is 0. The molecule has 0 radical (unpaired) electrons. The van der Waals surface area contributed by atoms with Crippen LogP contribution in [0.4, 0.5) is 0 Å². The molecular weight excluding hydrogens is 1040 g/mol. The zero-order chi connectivity index (χ0) is 54.5. The number of rotatable bonds is 24. The summed E-state index contributed by atoms with van der Waals surface area (Å²) >= 11 is 2.94. The average molecular weight is 1160 g/mol. The highest BCUT2D eigenvalue weighted by molar-refractivity contribution is 9.09. The molecular formula is C64H117BrO12. The first-order valence-electron chi connectivity index (χ1n) is 24.9. The van der Waals surface area contributed by atoms with Gasteiger partial charge in [-0.3, -0.25) is 10.1 Å². The van der Waals surface area contributed by atoms with Crippen LogP contribution in [-0.4, -0.2) is 93.1 Å². The molecule has 0 saturated heterocycles. The zero-order valence-corrected chi connectivity index (χ0v) is 48.3. The van der Waals surface area contributed by atoms with Gasteiger partial charge in [0, 0.05) is 0 Å². The number of esters is 2. The molecule has 452 valence electrons. The van der Waals surface area contributed by atoms with E-state index < -0.39 is 5.97 Å². The second-order valence-corrected chi connectivity index (χ2v) is 23.7. The zero-order valence-electron chi connectivity index (χ0n) is 46.7. The lowest BCUT2D eigenvalue weighted by molar-refractivity contribution is -0.241. The molecule has 12 nitrogen and oxygen atoms in total. The number of carbonyl (C=O) groups excluding carboxylic acids is 2. The predicted octanol–water partition coefficient (Wildman–Crippen LogP) is 17.4. The third kappa shape index (κ3) is 43.5. The summed E-state index contributed by atoms with van der Waals surface area (Å²) in [4.78, 5) is 35.7. The Labute approximate surface area is 481 Å². The topological polar surface area (TPSA) is 156 Å². The number of hydrogen-bond donors (Lipinski definition) is 2. The van der Waals surface area contributed by atoms with Crippen molar-refractivity contribution in [2.75, 3.05) is 64.8 Å². The van der Waals surface area contributed by atoms with Crippen LogP contribution in [0, 0.1) is 16.2 Å². The van der Waals surface area contributed by atoms with Crippen LogP contribution in [0.25, 0.3) is 0 Å². The maximum Gasteiger partial charge on any atom is 0.332 e. The molecule has 0 heterocycles. The summed E-state index contributed by atoms with van der Waals surface area (Å²) in [5, 5.41) is 17.1. The van der Waals surface area contributed by atoms with Crippen LogP contribution in [0.3, 0.4) is 0 Å². The van der Waals surface area contributed by atoms with E-state index in [0.29, 0.717) is 50.4 Å². The Kier molecular flexibility index (Phi) is 48.4. The Bertz CT molecular complexity index is 1900. The van der Waals surface area contributed by atoms with Gasteiger partial charge in [0.1, 0.15) is 43.3 Å². The molecule has 0 atom stereocenters. The number of carboxylic acid groups (broad SMARTS) is 1. The summed E-state index contributed by atoms with van der Waals surface area (Å²) in [6.45, 7) is 39.8. The SMILES string of the molecule is C.C.C.C.C.C.CC(C)(C)CC(C)(C)c1ccc(CCOO)cc1.CC(C)(C)CC(C)(C)c1ccc(OCCOCC(=O)O)cc1.CCOC(=O)CBr.CCOC(=O)COCCOc1ccc(C(C)(C)CC(C)(C)C)cc1. The highest BCUT2D eigenvalue weighted by Crippen LogP contribution is 2.39. The number of ether oxygens (including phenoxy) is 6. The monoisotopic (exact) mass is 1160 g/mol. The summed E-state index contributed by atoms with van der Waals surface area (Å²) in [6.07, 6.45) is 4.11. The van der Waals surface area contributed by atoms with Crippen molar-refractivity contribution in [3.63, 3.8) is 0 Å². The van der Waals surface area contributed by atoms with E-state index in [9.17, 15) is 14.4 Å². The summed E-state index contributed by atoms with van der Waals surface area (Å²) in [6, 6.07) is 25.0. The van der Waals surface area contributed by atoms with Crippen LogP contribution >= 0.6 is 15.9 Å². The van der Waals surface area contributed by atoms with Gasteiger partial charge in [-0.25, -0.2) is 14.5 Å². The van der Waals surface area contributed by atoms with Gasteiger partial charge in [-0.05, 0) is 119 Å². The first-order chi connectivity index (χ1) is 32.8. The van der Waals surface area contributed by atoms with Gasteiger partial charge in [-0.15, -0.1) is 0 Å². The number of carbonyl (C=O) groups is 3. The maximum atomic E-state index is 11.1. The minimum Gasteiger partial charge on any atom is -0.491 e. The van der Waals surface area contributed by atoms with E-state index in [1.54, 1.807) is 13.8 Å². The lowest BCUT2D eigenvalue weighted by atomic mass is 9.72. The summed E-state index contributed by atoms with van der Waals surface area (Å²) in [5.74, 6) is 0.0649. The number of halogens is 1. The first kappa shape index (κ1) is 86.9. The number of benzene rings is 3. The molecule has 0 aliphatic heterocycles. The van der Waals surface area contributed by atoms with E-state index in [4.69, 9.17) is 34.0 Å². The quantitative estimate of drug-likeness (QED) is 0.0288. The smallest absolute Gasteiger partial charge is 0.332 e. The summed E-state index contributed by atoms with van der Waals surface area (Å²) in [5.41, 5.74) is 6.47. The number of hydrogen-bond acceptors (Lipinski definition) is 11. The second kappa shape index (κ2) is 42.9. The highest BCUT2D eigenvalue weighted by atomic mass is 79.9. The molecule has 0 aliphatic rings. The van der Waals surface area contributed by atoms with Crippen molar-refractivity contribution in [3.05, 3.63) is 95.1 Å². The Balaban J connectivity index is -0.000000174. The second-order valence-electron chi connectivity index (χ2n) is 23.1. The minimum atomic E-state index is -0.967. The van der Waals surface area contributed by atoms with Crippen LogP contribution in [-0.2, 0) is 60.9 Å². The summed E-state index contributed by atoms with van der Waals surface area (Å²) < 4.78 is 30.6. The van der Waals surface area contributed by atoms with E-state index in [0.717, 1.165) is 37.2 Å². The van der Waals surface area contributed by atoms with E-state index in [1.165, 1.54) is 22.3 Å². The average Bonchev–Trinajstić information content (AvgIpc) is 3.24. The Hall–Kier alpha value is -4.01. The molecule has 77 heavy (non-hydrogen) atoms. The molecule has 0 bridgehead atoms. The van der Waals surface area contributed by atoms with Gasteiger partial charge in [-0.2, -0.15) is 0 Å². The largest absolute Gasteiger partial charge is 0.491 e. The van der Waals surface area contributed by atoms with E-state index >= 15 is 0 Å². The lowest BCUT2D eigenvalue weighted by Crippen LogP contribution is -2.24. The van der Waals surface area contributed by atoms with Gasteiger partial charge in [0.15, 0.2) is 0 Å². The molecule has 0 aliphatic carbocycles. The molecule has 2 N–H and O–H groups in total. The Morgan fingerprint density at radius 1 is 0.455 bits per heavy atom. The first-order valence-corrected chi connectivity index (χ1v) is 26.0. The van der Waals surface area contributed by atoms with Crippen molar-refractivity contribution in [1.82, 2.24) is 0 Å². The van der Waals surface area contributed by atoms with Gasteiger partial charge >= 0.3 is 17.9 Å². The molecule has 0 aromatic heterocycles. The summed E-state index contributed by atoms with van der Waals surface area (Å²) in [7, 11) is 0. The van der Waals surface area contributed by atoms with E-state index in [2.05, 4.69) is 178 Å². The van der Waals surface area contributed by atoms with Gasteiger partial charge in [0.05, 0.1) is 33.0 Å². The number of alkyl halides is 1. The molecule has 3 aromatic rings. The molecule has 3 aromatic carbocycles. The fraction of sp³-hybridized carbons (Fsp3) is 0.672. The number of aliphatic carboxylic acids is 1. The fourth-order valence-electron chi connectivity index (χ4n) is 8.73. The van der Waals surface area contributed by atoms with Crippen LogP contribution < -0.4 is 9.47 Å². The van der Waals surface area contributed by atoms with Gasteiger partial charge in [0.25, 0.3) is 0 Å². The fourth-order valence-corrected chi connectivity index (χ4v) is 8.89. The third-order valence-corrected chi connectivity index (χ3v) is 11.0. The lowest BCUT2D eigenvalue weighted by Gasteiger charge is -2.33. The van der Waals surface area contributed by atoms with Crippen LogP contribution in [0.15, 0.2) is 72.8 Å². The number of carboxylic acids is 1. The van der Waals surface area contributed by atoms with Crippen molar-refractivity contribution in [2.24, 2.45) is 16.2 Å². The van der Waals surface area contributed by atoms with Crippen LogP contribution in [0.1, 0.15) is 204 Å². The molecule has 0 unspecified atom stereocenters. The van der Waals surface area contributed by atoms with Crippen molar-refractivity contribution >= 4 is 33.8 Å². The van der Waals surface area contributed by atoms with Gasteiger partial charge < -0.3 is 33.5 Å². The van der Waals surface area contributed by atoms with Crippen molar-refractivity contribution < 1.29 is 58.1 Å².